The summed E-state index contributed by atoms with van der Waals surface area (Å²) in [5, 5.41) is 36.3. The van der Waals surface area contributed by atoms with Crippen LogP contribution in [0, 0.1) is 10.1 Å². The first-order valence-corrected chi connectivity index (χ1v) is 7.23. The van der Waals surface area contributed by atoms with Crippen molar-refractivity contribution < 1.29 is 15.1 Å². The van der Waals surface area contributed by atoms with E-state index in [-0.39, 0.29) is 18.9 Å². The molecule has 0 aromatic heterocycles. The topological polar surface area (TPSA) is 112 Å². The molecule has 8 nitrogen and oxygen atoms in total. The standard InChI is InChI=1S/C16H20N4O4/c1-2-15(20(23)24)4-3-9-17-18-14-5-7-16(8-6-14)19(10-12-21)11-13-22/h2-9,21-22H,1,10-13H2/b9-3+,15-4+,18-17+. The molecule has 128 valence electrons. The van der Waals surface area contributed by atoms with Crippen LogP contribution in [0.5, 0.6) is 0 Å². The van der Waals surface area contributed by atoms with E-state index < -0.39 is 4.92 Å². The second-order valence-electron chi connectivity index (χ2n) is 4.56. The molecule has 8 heteroatoms. The van der Waals surface area contributed by atoms with E-state index in [4.69, 9.17) is 10.2 Å². The molecule has 1 rings (SSSR count). The van der Waals surface area contributed by atoms with Crippen LogP contribution in [0.1, 0.15) is 0 Å². The number of hydrogen-bond acceptors (Lipinski definition) is 7. The number of azo groups is 1. The minimum absolute atomic E-state index is 0.00336. The molecule has 0 amide bonds. The van der Waals surface area contributed by atoms with Crippen LogP contribution in [-0.4, -0.2) is 41.4 Å². The van der Waals surface area contributed by atoms with E-state index in [1.54, 1.807) is 12.1 Å². The molecule has 0 fully saturated rings. The van der Waals surface area contributed by atoms with Crippen molar-refractivity contribution in [1.29, 1.82) is 0 Å². The zero-order valence-corrected chi connectivity index (χ0v) is 13.2. The van der Waals surface area contributed by atoms with Crippen LogP contribution in [0.4, 0.5) is 11.4 Å². The highest BCUT2D eigenvalue weighted by Gasteiger charge is 2.04. The molecule has 0 saturated carbocycles. The third-order valence-electron chi connectivity index (χ3n) is 2.97. The van der Waals surface area contributed by atoms with Gasteiger partial charge in [-0.3, -0.25) is 10.1 Å². The Kier molecular flexibility index (Phi) is 8.65. The van der Waals surface area contributed by atoms with Crippen LogP contribution in [0.25, 0.3) is 0 Å². The van der Waals surface area contributed by atoms with Crippen LogP contribution in [-0.2, 0) is 0 Å². The number of benzene rings is 1. The quantitative estimate of drug-likeness (QED) is 0.296. The molecule has 0 spiro atoms. The second kappa shape index (κ2) is 10.8. The van der Waals surface area contributed by atoms with Gasteiger partial charge < -0.3 is 15.1 Å². The molecule has 0 heterocycles. The highest BCUT2D eigenvalue weighted by Crippen LogP contribution is 2.20. The van der Waals surface area contributed by atoms with E-state index in [0.717, 1.165) is 11.8 Å². The molecule has 0 unspecified atom stereocenters. The smallest absolute Gasteiger partial charge is 0.268 e. The molecule has 0 aliphatic rings. The van der Waals surface area contributed by atoms with E-state index in [1.807, 2.05) is 17.0 Å². The summed E-state index contributed by atoms with van der Waals surface area (Å²) in [4.78, 5) is 11.8. The zero-order valence-electron chi connectivity index (χ0n) is 13.2. The van der Waals surface area contributed by atoms with Crippen molar-refractivity contribution in [3.8, 4) is 0 Å². The van der Waals surface area contributed by atoms with Crippen molar-refractivity contribution in [2.24, 2.45) is 10.2 Å². The molecule has 0 saturated heterocycles. The lowest BCUT2D eigenvalue weighted by Gasteiger charge is -2.22. The maximum absolute atomic E-state index is 10.5. The van der Waals surface area contributed by atoms with Crippen LogP contribution in [0.15, 0.2) is 71.2 Å². The summed E-state index contributed by atoms with van der Waals surface area (Å²) in [5.41, 5.74) is 1.34. The average molecular weight is 332 g/mol. The van der Waals surface area contributed by atoms with Crippen molar-refractivity contribution in [2.75, 3.05) is 31.2 Å². The first-order chi connectivity index (χ1) is 11.6. The fourth-order valence-corrected chi connectivity index (χ4v) is 1.83. The van der Waals surface area contributed by atoms with E-state index in [1.165, 1.54) is 18.4 Å². The van der Waals surface area contributed by atoms with Gasteiger partial charge in [0.1, 0.15) is 0 Å². The Balaban J connectivity index is 2.69. The van der Waals surface area contributed by atoms with Gasteiger partial charge in [0.05, 0.1) is 23.8 Å². The fourth-order valence-electron chi connectivity index (χ4n) is 1.83. The summed E-state index contributed by atoms with van der Waals surface area (Å²) in [6.45, 7) is 4.20. The van der Waals surface area contributed by atoms with Gasteiger partial charge in [-0.05, 0) is 30.3 Å². The highest BCUT2D eigenvalue weighted by molar-refractivity contribution is 5.52. The predicted octanol–water partition coefficient (Wildman–Crippen LogP) is 2.42. The second-order valence-corrected chi connectivity index (χ2v) is 4.56. The largest absolute Gasteiger partial charge is 0.395 e. The molecule has 1 aromatic rings. The minimum atomic E-state index is -0.544. The van der Waals surface area contributed by atoms with Gasteiger partial charge in [0.2, 0.25) is 0 Å². The number of rotatable bonds is 10. The summed E-state index contributed by atoms with van der Waals surface area (Å²) >= 11 is 0. The maximum Gasteiger partial charge on any atom is 0.268 e. The molecule has 0 atom stereocenters. The fraction of sp³-hybridized carbons (Fsp3) is 0.250. The molecular weight excluding hydrogens is 312 g/mol. The lowest BCUT2D eigenvalue weighted by Crippen LogP contribution is -2.29. The highest BCUT2D eigenvalue weighted by atomic mass is 16.6. The monoisotopic (exact) mass is 332 g/mol. The van der Waals surface area contributed by atoms with Gasteiger partial charge in [0, 0.05) is 37.1 Å². The normalized spacial score (nSPS) is 12.0. The number of anilines is 1. The summed E-state index contributed by atoms with van der Waals surface area (Å²) in [5.74, 6) is 0. The van der Waals surface area contributed by atoms with Gasteiger partial charge in [-0.25, -0.2) is 0 Å². The minimum Gasteiger partial charge on any atom is -0.395 e. The molecule has 0 aliphatic carbocycles. The average Bonchev–Trinajstić information content (AvgIpc) is 2.58. The van der Waals surface area contributed by atoms with Gasteiger partial charge in [0.25, 0.3) is 5.70 Å². The molecule has 0 bridgehead atoms. The van der Waals surface area contributed by atoms with Crippen molar-refractivity contribution in [3.05, 3.63) is 71.1 Å². The summed E-state index contributed by atoms with van der Waals surface area (Å²) in [6.07, 6.45) is 5.16. The van der Waals surface area contributed by atoms with Crippen molar-refractivity contribution >= 4 is 11.4 Å². The maximum atomic E-state index is 10.5. The van der Waals surface area contributed by atoms with Crippen molar-refractivity contribution in [2.45, 2.75) is 0 Å². The van der Waals surface area contributed by atoms with E-state index in [9.17, 15) is 10.1 Å². The van der Waals surface area contributed by atoms with Gasteiger partial charge >= 0.3 is 0 Å². The Morgan fingerprint density at radius 1 is 1.25 bits per heavy atom. The van der Waals surface area contributed by atoms with Crippen LogP contribution in [0.3, 0.4) is 0 Å². The SMILES string of the molecule is C=C\C(=C/C=C/N=N/c1ccc(N(CCO)CCO)cc1)[N+](=O)[O-]. The first kappa shape index (κ1) is 19.2. The van der Waals surface area contributed by atoms with E-state index in [0.29, 0.717) is 18.8 Å². The Hall–Kier alpha value is -2.84. The Morgan fingerprint density at radius 2 is 1.88 bits per heavy atom. The summed E-state index contributed by atoms with van der Waals surface area (Å²) in [6, 6.07) is 7.12. The van der Waals surface area contributed by atoms with Gasteiger partial charge in [-0.2, -0.15) is 10.2 Å². The number of aliphatic hydroxyl groups is 2. The van der Waals surface area contributed by atoms with Crippen molar-refractivity contribution in [3.63, 3.8) is 0 Å². The van der Waals surface area contributed by atoms with Crippen LogP contribution in [0.2, 0.25) is 0 Å². The van der Waals surface area contributed by atoms with Gasteiger partial charge in [-0.1, -0.05) is 6.58 Å². The number of nitrogens with zero attached hydrogens (tertiary/aromatic N) is 4. The van der Waals surface area contributed by atoms with Gasteiger partial charge in [-0.15, -0.1) is 0 Å². The van der Waals surface area contributed by atoms with Crippen molar-refractivity contribution in [1.82, 2.24) is 0 Å². The van der Waals surface area contributed by atoms with Crippen LogP contribution < -0.4 is 4.90 Å². The molecule has 24 heavy (non-hydrogen) atoms. The Bertz CT molecular complexity index is 617. The van der Waals surface area contributed by atoms with Crippen LogP contribution >= 0.6 is 0 Å². The lowest BCUT2D eigenvalue weighted by molar-refractivity contribution is -0.418. The lowest BCUT2D eigenvalue weighted by atomic mass is 10.2. The van der Waals surface area contributed by atoms with E-state index >= 15 is 0 Å². The first-order valence-electron chi connectivity index (χ1n) is 7.23. The number of nitro groups is 1. The summed E-state index contributed by atoms with van der Waals surface area (Å²) < 4.78 is 0. The molecule has 0 aliphatic heterocycles. The third-order valence-corrected chi connectivity index (χ3v) is 2.97. The molecule has 2 N–H and O–H groups in total. The third kappa shape index (κ3) is 6.51. The molecule has 0 radical (unpaired) electrons. The molecule has 1 aromatic carbocycles. The molecular formula is C16H20N4O4. The number of aliphatic hydroxyl groups excluding tert-OH is 2. The van der Waals surface area contributed by atoms with Gasteiger partial charge in [0.15, 0.2) is 0 Å². The number of hydrogen-bond donors (Lipinski definition) is 2. The Morgan fingerprint density at radius 3 is 2.38 bits per heavy atom. The Labute approximate surface area is 139 Å². The zero-order chi connectivity index (χ0) is 17.8. The predicted molar refractivity (Wildman–Crippen MR) is 91.8 cm³/mol. The van der Waals surface area contributed by atoms with E-state index in [2.05, 4.69) is 16.8 Å². The number of allylic oxidation sites excluding steroid dienone is 3. The summed E-state index contributed by atoms with van der Waals surface area (Å²) in [7, 11) is 0.